The zero-order valence-electron chi connectivity index (χ0n) is 8.97. The number of hydrogen-bond donors (Lipinski definition) is 1. The molecule has 1 fully saturated rings. The van der Waals surface area contributed by atoms with Crippen LogP contribution in [0.5, 0.6) is 0 Å². The van der Waals surface area contributed by atoms with Crippen molar-refractivity contribution < 1.29 is 0 Å². The summed E-state index contributed by atoms with van der Waals surface area (Å²) in [6.07, 6.45) is 1.20. The van der Waals surface area contributed by atoms with Crippen molar-refractivity contribution in [2.24, 2.45) is 5.73 Å². The Morgan fingerprint density at radius 3 is 3.12 bits per heavy atom. The molecule has 84 valence electrons. The van der Waals surface area contributed by atoms with Crippen molar-refractivity contribution in [3.05, 3.63) is 29.7 Å². The van der Waals surface area contributed by atoms with E-state index < -0.39 is 0 Å². The van der Waals surface area contributed by atoms with Crippen LogP contribution < -0.4 is 5.73 Å². The molecule has 0 bridgehead atoms. The molecule has 1 aliphatic heterocycles. The van der Waals surface area contributed by atoms with Crippen molar-refractivity contribution in [1.29, 1.82) is 0 Å². The average molecular weight is 234 g/mol. The Balaban J connectivity index is 2.16. The van der Waals surface area contributed by atoms with Crippen LogP contribution in [0.3, 0.4) is 0 Å². The highest BCUT2D eigenvalue weighted by Gasteiger charge is 2.23. The molecule has 1 aliphatic rings. The summed E-state index contributed by atoms with van der Waals surface area (Å²) in [5.41, 5.74) is 7.77. The van der Waals surface area contributed by atoms with E-state index in [2.05, 4.69) is 14.6 Å². The molecule has 1 saturated heterocycles. The van der Waals surface area contributed by atoms with Gasteiger partial charge in [0, 0.05) is 23.9 Å². The summed E-state index contributed by atoms with van der Waals surface area (Å²) in [4.78, 5) is 0. The Morgan fingerprint density at radius 2 is 2.38 bits per heavy atom. The second-order valence-corrected chi connectivity index (χ2v) is 5.18. The van der Waals surface area contributed by atoms with E-state index in [0.717, 1.165) is 22.9 Å². The molecule has 1 atom stereocenters. The number of aromatic nitrogens is 3. The lowest BCUT2D eigenvalue weighted by molar-refractivity contribution is 0.695. The number of pyridine rings is 1. The second kappa shape index (κ2) is 4.07. The molecule has 2 aromatic heterocycles. The minimum absolute atomic E-state index is 0.530. The fraction of sp³-hybridized carbons (Fsp3) is 0.455. The topological polar surface area (TPSA) is 56.2 Å². The molecule has 0 amide bonds. The largest absolute Gasteiger partial charge is 0.325 e. The van der Waals surface area contributed by atoms with E-state index in [1.165, 1.54) is 12.2 Å². The van der Waals surface area contributed by atoms with Gasteiger partial charge in [0.15, 0.2) is 5.65 Å². The van der Waals surface area contributed by atoms with Gasteiger partial charge < -0.3 is 5.73 Å². The molecule has 0 aliphatic carbocycles. The molecule has 3 heterocycles. The van der Waals surface area contributed by atoms with E-state index in [0.29, 0.717) is 12.5 Å². The predicted molar refractivity (Wildman–Crippen MR) is 65.6 cm³/mol. The number of hydrogen-bond acceptors (Lipinski definition) is 4. The van der Waals surface area contributed by atoms with E-state index in [4.69, 9.17) is 5.73 Å². The van der Waals surface area contributed by atoms with Gasteiger partial charge >= 0.3 is 0 Å². The van der Waals surface area contributed by atoms with Crippen LogP contribution in [-0.2, 0) is 6.54 Å². The zero-order chi connectivity index (χ0) is 11.0. The van der Waals surface area contributed by atoms with Crippen LogP contribution in [0, 0.1) is 0 Å². The Labute approximate surface area is 98.2 Å². The minimum atomic E-state index is 0.530. The van der Waals surface area contributed by atoms with Crippen molar-refractivity contribution in [3.63, 3.8) is 0 Å². The molecule has 0 radical (unpaired) electrons. The Morgan fingerprint density at radius 1 is 1.44 bits per heavy atom. The lowest BCUT2D eigenvalue weighted by Crippen LogP contribution is -2.09. The van der Waals surface area contributed by atoms with Crippen LogP contribution in [0.1, 0.15) is 23.9 Å². The number of fused-ring (bicyclic) bond motifs is 1. The van der Waals surface area contributed by atoms with Gasteiger partial charge in [-0.25, -0.2) is 0 Å². The molecular weight excluding hydrogens is 220 g/mol. The van der Waals surface area contributed by atoms with E-state index in [1.807, 2.05) is 30.0 Å². The van der Waals surface area contributed by atoms with Gasteiger partial charge in [-0.05, 0) is 24.3 Å². The second-order valence-electron chi connectivity index (χ2n) is 4.03. The minimum Gasteiger partial charge on any atom is -0.325 e. The summed E-state index contributed by atoms with van der Waals surface area (Å²) >= 11 is 1.99. The monoisotopic (exact) mass is 234 g/mol. The molecule has 2 N–H and O–H groups in total. The van der Waals surface area contributed by atoms with E-state index in [9.17, 15) is 0 Å². The lowest BCUT2D eigenvalue weighted by atomic mass is 10.1. The number of thioether (sulfide) groups is 1. The van der Waals surface area contributed by atoms with E-state index in [-0.39, 0.29) is 0 Å². The lowest BCUT2D eigenvalue weighted by Gasteiger charge is -2.09. The fourth-order valence-corrected chi connectivity index (χ4v) is 3.41. The van der Waals surface area contributed by atoms with Crippen LogP contribution in [0.4, 0.5) is 0 Å². The van der Waals surface area contributed by atoms with Gasteiger partial charge in [-0.3, -0.25) is 4.40 Å². The molecule has 1 unspecified atom stereocenters. The number of rotatable bonds is 2. The van der Waals surface area contributed by atoms with Gasteiger partial charge in [-0.1, -0.05) is 6.07 Å². The first-order valence-corrected chi connectivity index (χ1v) is 6.66. The van der Waals surface area contributed by atoms with Gasteiger partial charge in [-0.15, -0.1) is 10.2 Å². The molecule has 5 heteroatoms. The Hall–Kier alpha value is -1.07. The Kier molecular flexibility index (Phi) is 2.57. The standard InChI is InChI=1S/C11H14N4S/c12-6-9-2-1-3-10-13-14-11(15(9)10)8-4-5-16-7-8/h1-3,8H,4-7,12H2. The first-order valence-electron chi connectivity index (χ1n) is 5.51. The van der Waals surface area contributed by atoms with Gasteiger partial charge in [-0.2, -0.15) is 11.8 Å². The van der Waals surface area contributed by atoms with Crippen LogP contribution in [0.15, 0.2) is 18.2 Å². The molecule has 0 aromatic carbocycles. The van der Waals surface area contributed by atoms with Gasteiger partial charge in [0.25, 0.3) is 0 Å². The molecule has 0 saturated carbocycles. The maximum absolute atomic E-state index is 5.76. The van der Waals surface area contributed by atoms with Crippen LogP contribution in [0.2, 0.25) is 0 Å². The maximum atomic E-state index is 5.76. The molecule has 16 heavy (non-hydrogen) atoms. The van der Waals surface area contributed by atoms with Crippen LogP contribution in [-0.4, -0.2) is 26.1 Å². The van der Waals surface area contributed by atoms with Crippen LogP contribution >= 0.6 is 11.8 Å². The van der Waals surface area contributed by atoms with Crippen molar-refractivity contribution in [1.82, 2.24) is 14.6 Å². The van der Waals surface area contributed by atoms with Crippen LogP contribution in [0.25, 0.3) is 5.65 Å². The van der Waals surface area contributed by atoms with Gasteiger partial charge in [0.05, 0.1) is 0 Å². The fourth-order valence-electron chi connectivity index (χ4n) is 2.19. The normalized spacial score (nSPS) is 20.7. The molecular formula is C11H14N4S. The summed E-state index contributed by atoms with van der Waals surface area (Å²) in [6.45, 7) is 0.530. The SMILES string of the molecule is NCc1cccc2nnc(C3CCSC3)n12. The summed E-state index contributed by atoms with van der Waals surface area (Å²) in [5.74, 6) is 4.00. The third-order valence-corrected chi connectivity index (χ3v) is 4.20. The molecule has 2 aromatic rings. The van der Waals surface area contributed by atoms with E-state index in [1.54, 1.807) is 0 Å². The molecule has 4 nitrogen and oxygen atoms in total. The first-order chi connectivity index (χ1) is 7.90. The number of nitrogens with zero attached hydrogens (tertiary/aromatic N) is 3. The van der Waals surface area contributed by atoms with Gasteiger partial charge in [0.1, 0.15) is 5.82 Å². The summed E-state index contributed by atoms with van der Waals surface area (Å²) in [6, 6.07) is 6.01. The van der Waals surface area contributed by atoms with Crippen molar-refractivity contribution in [2.75, 3.05) is 11.5 Å². The summed E-state index contributed by atoms with van der Waals surface area (Å²) in [7, 11) is 0. The number of nitrogens with two attached hydrogens (primary N) is 1. The third kappa shape index (κ3) is 1.51. The zero-order valence-corrected chi connectivity index (χ0v) is 9.78. The third-order valence-electron chi connectivity index (χ3n) is 3.04. The predicted octanol–water partition coefficient (Wildman–Crippen LogP) is 1.41. The quantitative estimate of drug-likeness (QED) is 0.853. The van der Waals surface area contributed by atoms with E-state index >= 15 is 0 Å². The maximum Gasteiger partial charge on any atom is 0.161 e. The van der Waals surface area contributed by atoms with Crippen molar-refractivity contribution in [3.8, 4) is 0 Å². The Bertz CT molecular complexity index is 502. The highest BCUT2D eigenvalue weighted by Crippen LogP contribution is 2.31. The summed E-state index contributed by atoms with van der Waals surface area (Å²) < 4.78 is 2.12. The van der Waals surface area contributed by atoms with Crippen molar-refractivity contribution in [2.45, 2.75) is 18.9 Å². The first kappa shape index (κ1) is 10.1. The molecule has 0 spiro atoms. The summed E-state index contributed by atoms with van der Waals surface area (Å²) in [5, 5.41) is 8.55. The average Bonchev–Trinajstić information content (AvgIpc) is 2.96. The highest BCUT2D eigenvalue weighted by molar-refractivity contribution is 7.99. The molecule has 3 rings (SSSR count). The smallest absolute Gasteiger partial charge is 0.161 e. The van der Waals surface area contributed by atoms with Crippen molar-refractivity contribution >= 4 is 17.4 Å². The highest BCUT2D eigenvalue weighted by atomic mass is 32.2. The van der Waals surface area contributed by atoms with Gasteiger partial charge in [0.2, 0.25) is 0 Å².